The molecule has 3 rings (SSSR count). The van der Waals surface area contributed by atoms with E-state index in [1.165, 1.54) is 25.7 Å². The fraction of sp³-hybridized carbons (Fsp3) is 0.692. The first kappa shape index (κ1) is 12.4. The zero-order valence-corrected chi connectivity index (χ0v) is 12.8. The summed E-state index contributed by atoms with van der Waals surface area (Å²) in [4.78, 5) is 11.7. The van der Waals surface area contributed by atoms with Crippen molar-refractivity contribution in [2.75, 3.05) is 31.1 Å². The normalized spacial score (nSPS) is 22.1. The van der Waals surface area contributed by atoms with Gasteiger partial charge in [-0.25, -0.2) is 0 Å². The molecule has 1 saturated heterocycles. The number of hydrogen-bond acceptors (Lipinski definition) is 4. The molecule has 18 heavy (non-hydrogen) atoms. The van der Waals surface area contributed by atoms with Gasteiger partial charge in [-0.15, -0.1) is 0 Å². The summed E-state index contributed by atoms with van der Waals surface area (Å²) < 4.78 is 2.11. The Kier molecular flexibility index (Phi) is 4.16. The third kappa shape index (κ3) is 3.04. The van der Waals surface area contributed by atoms with Crippen molar-refractivity contribution in [3.05, 3.63) is 12.3 Å². The summed E-state index contributed by atoms with van der Waals surface area (Å²) in [6.45, 7) is 4.27. The van der Waals surface area contributed by atoms with Crippen molar-refractivity contribution in [2.24, 2.45) is 0 Å². The van der Waals surface area contributed by atoms with Crippen molar-refractivity contribution in [1.29, 1.82) is 0 Å². The fourth-order valence-electron chi connectivity index (χ4n) is 2.74. The predicted molar refractivity (Wildman–Crippen MR) is 76.1 cm³/mol. The minimum atomic E-state index is -0.124. The van der Waals surface area contributed by atoms with E-state index < -0.39 is 0 Å². The Hall–Kier alpha value is -0.602. The van der Waals surface area contributed by atoms with Crippen molar-refractivity contribution < 1.29 is 0 Å². The molecule has 1 atom stereocenters. The van der Waals surface area contributed by atoms with Crippen LogP contribution in [0.1, 0.15) is 25.7 Å². The Bertz CT molecular complexity index is 386. The molecule has 0 aromatic carbocycles. The van der Waals surface area contributed by atoms with Gasteiger partial charge in [-0.3, -0.25) is 0 Å². The summed E-state index contributed by atoms with van der Waals surface area (Å²) in [7, 11) is 0. The molecule has 1 aliphatic heterocycles. The van der Waals surface area contributed by atoms with E-state index in [0.717, 1.165) is 41.3 Å². The van der Waals surface area contributed by atoms with Gasteiger partial charge in [0.2, 0.25) is 0 Å². The van der Waals surface area contributed by atoms with E-state index >= 15 is 0 Å². The van der Waals surface area contributed by atoms with Crippen LogP contribution in [0.5, 0.6) is 0 Å². The zero-order chi connectivity index (χ0) is 12.2. The molecular weight excluding hydrogens is 287 g/mol. The maximum absolute atomic E-state index is 4.80. The average Bonchev–Trinajstić information content (AvgIpc) is 2.93. The molecule has 2 heterocycles. The summed E-state index contributed by atoms with van der Waals surface area (Å²) in [6, 6.07) is 2.07. The Morgan fingerprint density at radius 2 is 2.00 bits per heavy atom. The molecule has 98 valence electrons. The van der Waals surface area contributed by atoms with Crippen molar-refractivity contribution in [3.63, 3.8) is 0 Å². The van der Waals surface area contributed by atoms with Gasteiger partial charge in [-0.05, 0) is 0 Å². The molecular formula is C13H21AsN4. The first-order valence-corrected chi connectivity index (χ1v) is 9.23. The van der Waals surface area contributed by atoms with Gasteiger partial charge in [0.15, 0.2) is 0 Å². The SMILES string of the molecule is c1cc(N2CCNCC2)nc([AsH]C2CCCC2)n1. The quantitative estimate of drug-likeness (QED) is 0.816. The molecule has 0 bridgehead atoms. The van der Waals surface area contributed by atoms with Crippen LogP contribution in [-0.4, -0.2) is 51.9 Å². The third-order valence-corrected chi connectivity index (χ3v) is 6.89. The van der Waals surface area contributed by atoms with Crippen molar-refractivity contribution in [3.8, 4) is 0 Å². The monoisotopic (exact) mass is 308 g/mol. The number of hydrogen-bond donors (Lipinski definition) is 1. The maximum atomic E-state index is 4.80. The van der Waals surface area contributed by atoms with E-state index in [1.807, 2.05) is 6.20 Å². The molecule has 1 saturated carbocycles. The molecule has 5 heteroatoms. The van der Waals surface area contributed by atoms with Gasteiger partial charge in [0.05, 0.1) is 0 Å². The molecule has 0 amide bonds. The van der Waals surface area contributed by atoms with Gasteiger partial charge in [-0.2, -0.15) is 0 Å². The van der Waals surface area contributed by atoms with E-state index in [-0.39, 0.29) is 15.8 Å². The average molecular weight is 308 g/mol. The van der Waals surface area contributed by atoms with Crippen LogP contribution in [0.4, 0.5) is 5.82 Å². The van der Waals surface area contributed by atoms with Crippen LogP contribution >= 0.6 is 0 Å². The predicted octanol–water partition coefficient (Wildman–Crippen LogP) is 0.310. The number of rotatable bonds is 3. The van der Waals surface area contributed by atoms with Gasteiger partial charge in [0, 0.05) is 0 Å². The van der Waals surface area contributed by atoms with Crippen molar-refractivity contribution >= 4 is 26.2 Å². The first-order valence-electron chi connectivity index (χ1n) is 6.97. The van der Waals surface area contributed by atoms with E-state index in [1.54, 1.807) is 0 Å². The van der Waals surface area contributed by atoms with Crippen LogP contribution in [-0.2, 0) is 0 Å². The molecule has 0 radical (unpaired) electrons. The molecule has 1 aromatic heterocycles. The third-order valence-electron chi connectivity index (χ3n) is 3.77. The van der Waals surface area contributed by atoms with Crippen LogP contribution in [0, 0.1) is 0 Å². The van der Waals surface area contributed by atoms with Gasteiger partial charge >= 0.3 is 115 Å². The molecule has 1 aliphatic carbocycles. The molecule has 4 nitrogen and oxygen atoms in total. The standard InChI is InChI=1S/C13H21AsN4/c1-2-4-11(3-1)14-13-16-6-5-12(17-13)18-9-7-15-8-10-18/h5-6,11,14-15H,1-4,7-10H2. The van der Waals surface area contributed by atoms with Gasteiger partial charge in [-0.1, -0.05) is 0 Å². The number of nitrogens with one attached hydrogen (secondary N) is 1. The topological polar surface area (TPSA) is 41.0 Å². The van der Waals surface area contributed by atoms with E-state index in [9.17, 15) is 0 Å². The van der Waals surface area contributed by atoms with E-state index in [2.05, 4.69) is 21.3 Å². The second-order valence-electron chi connectivity index (χ2n) is 5.10. The second-order valence-corrected chi connectivity index (χ2v) is 8.36. The Balaban J connectivity index is 1.67. The van der Waals surface area contributed by atoms with Gasteiger partial charge < -0.3 is 0 Å². The summed E-state index contributed by atoms with van der Waals surface area (Å²) in [5, 5.41) is 3.38. The van der Waals surface area contributed by atoms with Crippen LogP contribution in [0.15, 0.2) is 12.3 Å². The Labute approximate surface area is 115 Å². The molecule has 2 fully saturated rings. The fourth-order valence-corrected chi connectivity index (χ4v) is 5.66. The second kappa shape index (κ2) is 6.03. The molecule has 1 unspecified atom stereocenters. The first-order chi connectivity index (χ1) is 8.92. The summed E-state index contributed by atoms with van der Waals surface area (Å²) in [5.74, 6) is 1.14. The zero-order valence-electron chi connectivity index (χ0n) is 10.7. The molecule has 0 spiro atoms. The van der Waals surface area contributed by atoms with Crippen LogP contribution in [0.3, 0.4) is 0 Å². The number of nitrogens with zero attached hydrogens (tertiary/aromatic N) is 3. The van der Waals surface area contributed by atoms with Crippen LogP contribution < -0.4 is 14.8 Å². The minimum absolute atomic E-state index is 0.124. The van der Waals surface area contributed by atoms with Crippen LogP contribution in [0.25, 0.3) is 0 Å². The molecule has 1 N–H and O–H groups in total. The number of piperazine rings is 1. The van der Waals surface area contributed by atoms with Crippen molar-refractivity contribution in [1.82, 2.24) is 15.3 Å². The Morgan fingerprint density at radius 1 is 1.22 bits per heavy atom. The number of anilines is 1. The molecule has 2 aliphatic rings. The summed E-state index contributed by atoms with van der Waals surface area (Å²) >= 11 is -0.124. The van der Waals surface area contributed by atoms with E-state index in [4.69, 9.17) is 4.98 Å². The summed E-state index contributed by atoms with van der Waals surface area (Å²) in [6.07, 6.45) is 7.64. The van der Waals surface area contributed by atoms with Gasteiger partial charge in [0.25, 0.3) is 0 Å². The van der Waals surface area contributed by atoms with Gasteiger partial charge in [0.1, 0.15) is 0 Å². The Morgan fingerprint density at radius 3 is 2.78 bits per heavy atom. The molecule has 1 aromatic rings. The number of aromatic nitrogens is 2. The van der Waals surface area contributed by atoms with E-state index in [0.29, 0.717) is 0 Å². The summed E-state index contributed by atoms with van der Waals surface area (Å²) in [5.41, 5.74) is 0. The van der Waals surface area contributed by atoms with Crippen molar-refractivity contribution in [2.45, 2.75) is 30.4 Å². The van der Waals surface area contributed by atoms with Crippen LogP contribution in [0.2, 0.25) is 4.71 Å².